The Bertz CT molecular complexity index is 4640. The number of nitriles is 4. The quantitative estimate of drug-likeness (QED) is 0.176. The van der Waals surface area contributed by atoms with Crippen LogP contribution >= 0.6 is 0 Å². The van der Waals surface area contributed by atoms with Gasteiger partial charge in [0.05, 0.1) is 46.5 Å². The van der Waals surface area contributed by atoms with Gasteiger partial charge in [0, 0.05) is 11.1 Å². The van der Waals surface area contributed by atoms with Crippen molar-refractivity contribution in [3.8, 4) is 91.0 Å². The highest BCUT2D eigenvalue weighted by atomic mass is 14.4. The van der Waals surface area contributed by atoms with Crippen molar-refractivity contribution in [2.75, 3.05) is 0 Å². The number of hydrogen-bond acceptors (Lipinski definition) is 4. The van der Waals surface area contributed by atoms with Gasteiger partial charge in [-0.2, -0.15) is 21.0 Å². The summed E-state index contributed by atoms with van der Waals surface area (Å²) in [5, 5.41) is 59.3. The molecule has 0 fully saturated rings. The van der Waals surface area contributed by atoms with Gasteiger partial charge >= 0.3 is 0 Å². The van der Waals surface area contributed by atoms with Crippen molar-refractivity contribution in [3.05, 3.63) is 216 Å². The Hall–Kier alpha value is -10.4. The molecule has 0 amide bonds. The molecule has 0 aromatic heterocycles. The lowest BCUT2D eigenvalue weighted by Crippen LogP contribution is -1.94. The normalized spacial score (nSPS) is 11.8. The number of benzene rings is 12. The van der Waals surface area contributed by atoms with Gasteiger partial charge in [-0.05, 0) is 178 Å². The van der Waals surface area contributed by atoms with Crippen molar-refractivity contribution in [3.63, 3.8) is 0 Å². The fourth-order valence-electron chi connectivity index (χ4n) is 12.8. The second kappa shape index (κ2) is 14.6. The molecule has 4 nitrogen and oxygen atoms in total. The first kappa shape index (κ1) is 39.6. The van der Waals surface area contributed by atoms with Crippen molar-refractivity contribution in [2.24, 2.45) is 0 Å². The van der Waals surface area contributed by atoms with Crippen LogP contribution in [0.15, 0.2) is 194 Å². The van der Waals surface area contributed by atoms with Gasteiger partial charge in [-0.3, -0.25) is 0 Å². The largest absolute Gasteiger partial charge is 0.192 e. The Kier molecular flexibility index (Phi) is 8.02. The topological polar surface area (TPSA) is 95.2 Å². The molecule has 0 unspecified atom stereocenters. The zero-order chi connectivity index (χ0) is 47.9. The van der Waals surface area contributed by atoms with E-state index in [2.05, 4.69) is 182 Å². The third-order valence-electron chi connectivity index (χ3n) is 15.6. The first-order valence-corrected chi connectivity index (χ1v) is 24.0. The third kappa shape index (κ3) is 5.09. The molecule has 0 radical (unpaired) electrons. The minimum absolute atomic E-state index is 0.407. The first-order valence-electron chi connectivity index (χ1n) is 24.0. The van der Waals surface area contributed by atoms with E-state index in [4.69, 9.17) is 0 Å². The molecule has 0 saturated carbocycles. The van der Waals surface area contributed by atoms with E-state index in [-0.39, 0.29) is 0 Å². The molecule has 1 aliphatic carbocycles. The molecule has 0 atom stereocenters. The monoisotopic (exact) mass is 904 g/mol. The molecule has 1 aliphatic rings. The van der Waals surface area contributed by atoms with Gasteiger partial charge in [-0.1, -0.05) is 158 Å². The second-order valence-electron chi connectivity index (χ2n) is 19.0. The van der Waals surface area contributed by atoms with E-state index >= 15 is 0 Å². The summed E-state index contributed by atoms with van der Waals surface area (Å²) >= 11 is 0. The van der Waals surface area contributed by atoms with E-state index < -0.39 is 0 Å². The van der Waals surface area contributed by atoms with E-state index in [0.717, 1.165) is 86.9 Å². The standard InChI is InChI=1S/C68H32N4/c69-33-37-21-23-44(42(29-37)35-71)61-56-31-54-48-25-27-52-64-53(66-60(41-13-5-2-6-14-41)47-18-8-7-17-46(47)59(65(52)66)40-11-3-1-4-12-40)28-26-49(63(48)64)55(54)32-57(56)62(45-24-22-38(34-70)30-43(45)36-72)68-51-20-10-16-39-15-9-19-50(58(39)51)67(61)68/h1-32H. The van der Waals surface area contributed by atoms with Crippen LogP contribution in [0.5, 0.6) is 0 Å². The molecule has 0 heterocycles. The van der Waals surface area contributed by atoms with E-state index in [1.54, 1.807) is 24.3 Å². The summed E-state index contributed by atoms with van der Waals surface area (Å²) in [6.07, 6.45) is 0. The molecule has 15 rings (SSSR count). The van der Waals surface area contributed by atoms with Gasteiger partial charge in [0.1, 0.15) is 0 Å². The Balaban J connectivity index is 1.15. The summed E-state index contributed by atoms with van der Waals surface area (Å²) in [7, 11) is 0. The van der Waals surface area contributed by atoms with Gasteiger partial charge in [-0.25, -0.2) is 0 Å². The van der Waals surface area contributed by atoms with Gasteiger partial charge in [-0.15, -0.1) is 0 Å². The molecule has 0 bridgehead atoms. The lowest BCUT2D eigenvalue weighted by atomic mass is 9.82. The average molecular weight is 905 g/mol. The summed E-state index contributed by atoms with van der Waals surface area (Å²) in [5.74, 6) is 0. The summed E-state index contributed by atoms with van der Waals surface area (Å²) < 4.78 is 0. The van der Waals surface area contributed by atoms with Crippen molar-refractivity contribution in [1.82, 2.24) is 0 Å². The molecule has 72 heavy (non-hydrogen) atoms. The summed E-state index contributed by atoms with van der Waals surface area (Å²) in [4.78, 5) is 0. The molecule has 0 spiro atoms. The fraction of sp³-hybridized carbons (Fsp3) is 0. The van der Waals surface area contributed by atoms with E-state index in [1.807, 2.05) is 12.1 Å². The van der Waals surface area contributed by atoms with Crippen molar-refractivity contribution in [1.29, 1.82) is 21.0 Å². The van der Waals surface area contributed by atoms with Crippen LogP contribution in [0.2, 0.25) is 0 Å². The Morgan fingerprint density at radius 1 is 0.236 bits per heavy atom. The lowest BCUT2D eigenvalue weighted by molar-refractivity contribution is 1.45. The van der Waals surface area contributed by atoms with Crippen molar-refractivity contribution < 1.29 is 0 Å². The highest BCUT2D eigenvalue weighted by molar-refractivity contribution is 6.43. The third-order valence-corrected chi connectivity index (χ3v) is 15.6. The summed E-state index contributed by atoms with van der Waals surface area (Å²) in [6.45, 7) is 0. The number of fused-ring (bicyclic) bond motifs is 11. The van der Waals surface area contributed by atoms with Crippen molar-refractivity contribution >= 4 is 86.2 Å². The Morgan fingerprint density at radius 2 is 0.667 bits per heavy atom. The second-order valence-corrected chi connectivity index (χ2v) is 19.0. The van der Waals surface area contributed by atoms with Gasteiger partial charge in [0.2, 0.25) is 0 Å². The van der Waals surface area contributed by atoms with Crippen LogP contribution in [0.25, 0.3) is 153 Å². The maximum Gasteiger partial charge on any atom is 0.0998 e. The van der Waals surface area contributed by atoms with Crippen LogP contribution in [0.1, 0.15) is 22.3 Å². The van der Waals surface area contributed by atoms with E-state index in [9.17, 15) is 21.0 Å². The van der Waals surface area contributed by atoms with Crippen LogP contribution < -0.4 is 0 Å². The molecule has 14 aromatic carbocycles. The Labute approximate surface area is 412 Å². The first-order chi connectivity index (χ1) is 35.6. The maximum absolute atomic E-state index is 10.9. The molecule has 0 saturated heterocycles. The molecule has 4 heteroatoms. The van der Waals surface area contributed by atoms with Crippen molar-refractivity contribution in [2.45, 2.75) is 0 Å². The van der Waals surface area contributed by atoms with Crippen LogP contribution in [-0.4, -0.2) is 0 Å². The Morgan fingerprint density at radius 3 is 1.11 bits per heavy atom. The number of rotatable bonds is 4. The minimum atomic E-state index is 0.407. The van der Waals surface area contributed by atoms with Gasteiger partial charge in [0.15, 0.2) is 0 Å². The van der Waals surface area contributed by atoms with Gasteiger partial charge < -0.3 is 0 Å². The molecule has 14 aromatic rings. The lowest BCUT2D eigenvalue weighted by Gasteiger charge is -2.20. The summed E-state index contributed by atoms with van der Waals surface area (Å²) in [5.41, 5.74) is 14.6. The zero-order valence-corrected chi connectivity index (χ0v) is 38.3. The average Bonchev–Trinajstić information content (AvgIpc) is 4.07. The molecule has 324 valence electrons. The molecular weight excluding hydrogens is 873 g/mol. The molecular formula is C68H32N4. The molecule has 0 aliphatic heterocycles. The smallest absolute Gasteiger partial charge is 0.0998 e. The maximum atomic E-state index is 10.9. The number of hydrogen-bond donors (Lipinski definition) is 0. The minimum Gasteiger partial charge on any atom is -0.192 e. The fourth-order valence-corrected chi connectivity index (χ4v) is 12.8. The van der Waals surface area contributed by atoms with Crippen LogP contribution in [0.3, 0.4) is 0 Å². The zero-order valence-electron chi connectivity index (χ0n) is 38.3. The predicted molar refractivity (Wildman–Crippen MR) is 294 cm³/mol. The highest BCUT2D eigenvalue weighted by Gasteiger charge is 2.33. The number of nitrogens with zero attached hydrogens (tertiary/aromatic N) is 4. The predicted octanol–water partition coefficient (Wildman–Crippen LogP) is 17.6. The van der Waals surface area contributed by atoms with Crippen LogP contribution in [0, 0.1) is 45.3 Å². The van der Waals surface area contributed by atoms with Crippen LogP contribution in [-0.2, 0) is 0 Å². The molecule has 0 N–H and O–H groups in total. The van der Waals surface area contributed by atoms with Gasteiger partial charge in [0.25, 0.3) is 0 Å². The van der Waals surface area contributed by atoms with Crippen LogP contribution in [0.4, 0.5) is 0 Å². The van der Waals surface area contributed by atoms with E-state index in [0.29, 0.717) is 22.3 Å². The van der Waals surface area contributed by atoms with E-state index in [1.165, 1.54) is 66.1 Å². The summed E-state index contributed by atoms with van der Waals surface area (Å²) in [6, 6.07) is 77.4. The highest BCUT2D eigenvalue weighted by Crippen LogP contribution is 2.61. The SMILES string of the molecule is N#Cc1ccc(-c2c3cc4c(cc3c(-c3ccc(C#N)cc3C#N)c3c5cccc6cccc(c23)c65)c2ccc3c5c(ccc4c52)-c2c-3c(-c3ccccc3)c3ccccc3c2-c2ccccc2)c(C#N)c1.